The van der Waals surface area contributed by atoms with E-state index >= 15 is 8.78 Å². The number of piperazine rings is 1. The van der Waals surface area contributed by atoms with E-state index in [1.165, 1.54) is 0 Å². The third-order valence-corrected chi connectivity index (χ3v) is 15.5. The van der Waals surface area contributed by atoms with Gasteiger partial charge >= 0.3 is 0 Å². The number of halogens is 2. The SMILES string of the molecule is CC(C)C(C)(O[Si](C)(C)C)C1CN(c2nc(-c3n[nH]c4ncccc34)c(F)c([Si](C)(C)C(C)(C)C)c2F)CCN1. The minimum atomic E-state index is -2.68. The van der Waals surface area contributed by atoms with Gasteiger partial charge in [0.2, 0.25) is 0 Å². The monoisotopic (exact) mass is 588 g/mol. The molecule has 0 aromatic carbocycles. The van der Waals surface area contributed by atoms with Crippen LogP contribution >= 0.6 is 0 Å². The van der Waals surface area contributed by atoms with Crippen molar-refractivity contribution < 1.29 is 13.2 Å². The van der Waals surface area contributed by atoms with Crippen molar-refractivity contribution in [1.29, 1.82) is 0 Å². The van der Waals surface area contributed by atoms with Gasteiger partial charge in [0.1, 0.15) is 11.4 Å². The molecule has 0 saturated carbocycles. The molecule has 2 atom stereocenters. The molecule has 3 aromatic heterocycles. The maximum atomic E-state index is 16.7. The summed E-state index contributed by atoms with van der Waals surface area (Å²) in [6.07, 6.45) is 1.65. The van der Waals surface area contributed by atoms with Crippen molar-refractivity contribution in [2.24, 2.45) is 5.92 Å². The van der Waals surface area contributed by atoms with E-state index in [9.17, 15) is 0 Å². The van der Waals surface area contributed by atoms with Crippen molar-refractivity contribution in [3.8, 4) is 11.4 Å². The van der Waals surface area contributed by atoms with Crippen LogP contribution in [0.4, 0.5) is 14.6 Å². The zero-order chi connectivity index (χ0) is 29.8. The number of pyridine rings is 2. The molecule has 4 heterocycles. The number of H-pyrrole nitrogens is 1. The zero-order valence-electron chi connectivity index (χ0n) is 26.0. The molecular formula is C29H46F2N6OSi2. The maximum absolute atomic E-state index is 16.7. The van der Waals surface area contributed by atoms with Gasteiger partial charge in [-0.1, -0.05) is 47.7 Å². The van der Waals surface area contributed by atoms with Crippen LogP contribution in [0.1, 0.15) is 41.5 Å². The molecule has 2 unspecified atom stereocenters. The number of anilines is 1. The van der Waals surface area contributed by atoms with E-state index in [4.69, 9.17) is 9.41 Å². The molecule has 3 aromatic rings. The first-order chi connectivity index (χ1) is 18.4. The fraction of sp³-hybridized carbons (Fsp3) is 0.621. The van der Waals surface area contributed by atoms with Crippen LogP contribution in [0.15, 0.2) is 18.3 Å². The van der Waals surface area contributed by atoms with Gasteiger partial charge in [-0.05, 0) is 49.7 Å². The van der Waals surface area contributed by atoms with Crippen LogP contribution in [0.5, 0.6) is 0 Å². The Bertz CT molecular complexity index is 1380. The molecule has 4 rings (SSSR count). The lowest BCUT2D eigenvalue weighted by Gasteiger charge is -2.49. The summed E-state index contributed by atoms with van der Waals surface area (Å²) in [5.74, 6) is -0.763. The third kappa shape index (κ3) is 5.49. The van der Waals surface area contributed by atoms with Gasteiger partial charge in [0, 0.05) is 36.4 Å². The Balaban J connectivity index is 1.91. The lowest BCUT2D eigenvalue weighted by Crippen LogP contribution is -2.65. The molecule has 11 heteroatoms. The molecule has 0 radical (unpaired) electrons. The highest BCUT2D eigenvalue weighted by Crippen LogP contribution is 2.40. The minimum absolute atomic E-state index is 0.0607. The highest BCUT2D eigenvalue weighted by atomic mass is 28.4. The van der Waals surface area contributed by atoms with Crippen LogP contribution in [0.25, 0.3) is 22.4 Å². The second-order valence-corrected chi connectivity index (χ2v) is 23.8. The Hall–Kier alpha value is -2.22. The van der Waals surface area contributed by atoms with Crippen LogP contribution in [0, 0.1) is 17.6 Å². The smallest absolute Gasteiger partial charge is 0.184 e. The van der Waals surface area contributed by atoms with Crippen LogP contribution in [-0.2, 0) is 4.43 Å². The fourth-order valence-corrected chi connectivity index (χ4v) is 9.21. The van der Waals surface area contributed by atoms with E-state index in [1.807, 2.05) is 24.1 Å². The van der Waals surface area contributed by atoms with Gasteiger partial charge in [0.15, 0.2) is 31.4 Å². The number of nitrogens with one attached hydrogen (secondary N) is 2. The number of nitrogens with zero attached hydrogens (tertiary/aromatic N) is 4. The van der Waals surface area contributed by atoms with Gasteiger partial charge in [-0.2, -0.15) is 5.10 Å². The lowest BCUT2D eigenvalue weighted by atomic mass is 9.84. The number of hydrogen-bond donors (Lipinski definition) is 2. The first kappa shape index (κ1) is 30.7. The Kier molecular flexibility index (Phi) is 8.11. The summed E-state index contributed by atoms with van der Waals surface area (Å²) in [5, 5.41) is 11.5. The van der Waals surface area contributed by atoms with Gasteiger partial charge in [-0.3, -0.25) is 5.10 Å². The molecule has 40 heavy (non-hydrogen) atoms. The average molecular weight is 589 g/mol. The summed E-state index contributed by atoms with van der Waals surface area (Å²) >= 11 is 0. The summed E-state index contributed by atoms with van der Waals surface area (Å²) in [5.41, 5.74) is 0.490. The zero-order valence-corrected chi connectivity index (χ0v) is 28.0. The Morgan fingerprint density at radius 1 is 1.05 bits per heavy atom. The van der Waals surface area contributed by atoms with Gasteiger partial charge < -0.3 is 14.6 Å². The van der Waals surface area contributed by atoms with Crippen molar-refractivity contribution in [3.05, 3.63) is 30.0 Å². The van der Waals surface area contributed by atoms with E-state index in [0.717, 1.165) is 0 Å². The van der Waals surface area contributed by atoms with Crippen molar-refractivity contribution >= 4 is 38.4 Å². The first-order valence-electron chi connectivity index (χ1n) is 14.3. The Labute approximate surface area is 239 Å². The van der Waals surface area contributed by atoms with E-state index in [0.29, 0.717) is 36.4 Å². The average Bonchev–Trinajstić information content (AvgIpc) is 3.26. The number of aromatic amines is 1. The first-order valence-corrected chi connectivity index (χ1v) is 20.7. The third-order valence-electron chi connectivity index (χ3n) is 8.96. The van der Waals surface area contributed by atoms with E-state index in [1.54, 1.807) is 12.3 Å². The summed E-state index contributed by atoms with van der Waals surface area (Å²) in [7, 11) is -4.58. The van der Waals surface area contributed by atoms with E-state index in [-0.39, 0.29) is 33.7 Å². The molecule has 0 aliphatic carbocycles. The number of hydrogen-bond acceptors (Lipinski definition) is 6. The van der Waals surface area contributed by atoms with Crippen molar-refractivity contribution in [2.45, 2.75) is 91.0 Å². The van der Waals surface area contributed by atoms with Crippen LogP contribution in [0.3, 0.4) is 0 Å². The molecule has 220 valence electrons. The van der Waals surface area contributed by atoms with Crippen molar-refractivity contribution in [1.82, 2.24) is 25.5 Å². The predicted molar refractivity (Wildman–Crippen MR) is 166 cm³/mol. The molecule has 1 saturated heterocycles. The largest absolute Gasteiger partial charge is 0.411 e. The van der Waals surface area contributed by atoms with Crippen LogP contribution in [0.2, 0.25) is 37.8 Å². The predicted octanol–water partition coefficient (Wildman–Crippen LogP) is 6.06. The van der Waals surface area contributed by atoms with Gasteiger partial charge in [-0.15, -0.1) is 0 Å². The molecule has 2 N–H and O–H groups in total. The van der Waals surface area contributed by atoms with Crippen molar-refractivity contribution in [3.63, 3.8) is 0 Å². The maximum Gasteiger partial charge on any atom is 0.184 e. The lowest BCUT2D eigenvalue weighted by molar-refractivity contribution is -0.00565. The van der Waals surface area contributed by atoms with E-state index < -0.39 is 33.6 Å². The highest BCUT2D eigenvalue weighted by molar-refractivity contribution is 6.92. The van der Waals surface area contributed by atoms with Crippen LogP contribution < -0.4 is 15.4 Å². The van der Waals surface area contributed by atoms with Gasteiger partial charge in [0.25, 0.3) is 0 Å². The summed E-state index contributed by atoms with van der Waals surface area (Å²) in [6.45, 7) is 25.0. The second-order valence-electron chi connectivity index (χ2n) is 14.1. The molecule has 1 fully saturated rings. The fourth-order valence-electron chi connectivity index (χ4n) is 5.43. The minimum Gasteiger partial charge on any atom is -0.411 e. The molecule has 0 bridgehead atoms. The van der Waals surface area contributed by atoms with Crippen molar-refractivity contribution in [2.75, 3.05) is 24.5 Å². The Morgan fingerprint density at radius 2 is 1.73 bits per heavy atom. The molecule has 0 spiro atoms. The Morgan fingerprint density at radius 3 is 2.33 bits per heavy atom. The quantitative estimate of drug-likeness (QED) is 0.327. The van der Waals surface area contributed by atoms with E-state index in [2.05, 4.69) is 81.7 Å². The van der Waals surface area contributed by atoms with Crippen LogP contribution in [-0.4, -0.2) is 67.8 Å². The second kappa shape index (κ2) is 10.6. The number of aromatic nitrogens is 4. The summed E-state index contributed by atoms with van der Waals surface area (Å²) < 4.78 is 40.1. The molecule has 1 aliphatic heterocycles. The standard InChI is InChI=1S/C29H46F2N6OSi2/c1-18(2)29(6,38-39(7,8)9)20-17-37(16-15-32-20)27-22(31)25(40(10,11)28(3,4)5)21(30)24(34-27)23-19-13-12-14-33-26(19)36-35-23/h12-14,18,20,32H,15-17H2,1-11H3,(H,33,35,36). The molecule has 7 nitrogen and oxygen atoms in total. The topological polar surface area (TPSA) is 79.0 Å². The van der Waals surface area contributed by atoms with Gasteiger partial charge in [-0.25, -0.2) is 18.7 Å². The summed E-state index contributed by atoms with van der Waals surface area (Å²) in [6, 6.07) is 3.55. The summed E-state index contributed by atoms with van der Waals surface area (Å²) in [4.78, 5) is 11.0. The number of fused-ring (bicyclic) bond motifs is 1. The highest BCUT2D eigenvalue weighted by Gasteiger charge is 2.46. The van der Waals surface area contributed by atoms with Gasteiger partial charge in [0.05, 0.1) is 19.7 Å². The molecular weight excluding hydrogens is 543 g/mol. The normalized spacial score (nSPS) is 18.9. The number of rotatable bonds is 7. The molecule has 1 aliphatic rings. The molecule has 0 amide bonds.